The van der Waals surface area contributed by atoms with Crippen LogP contribution >= 0.6 is 0 Å². The number of nitrogens with two attached hydrogens (primary N) is 1. The molecule has 0 bridgehead atoms. The largest absolute Gasteiger partial charge is 0.468 e. The summed E-state index contributed by atoms with van der Waals surface area (Å²) < 4.78 is 4.59. The summed E-state index contributed by atoms with van der Waals surface area (Å²) in [5.41, 5.74) is 5.09. The van der Waals surface area contributed by atoms with Gasteiger partial charge in [0.05, 0.1) is 7.11 Å². The number of carbonyl (C=O) groups is 1. The Bertz CT molecular complexity index is 196. The molecular formula is C8H18N4O2. The van der Waals surface area contributed by atoms with Gasteiger partial charge in [0.25, 0.3) is 0 Å². The zero-order valence-electron chi connectivity index (χ0n) is 8.59. The van der Waals surface area contributed by atoms with Crippen LogP contribution in [-0.4, -0.2) is 38.7 Å². The van der Waals surface area contributed by atoms with Crippen LogP contribution in [0.5, 0.6) is 0 Å². The number of esters is 1. The van der Waals surface area contributed by atoms with Crippen molar-refractivity contribution in [2.75, 3.05) is 20.7 Å². The molecule has 6 heteroatoms. The van der Waals surface area contributed by atoms with Crippen LogP contribution in [-0.2, 0) is 9.53 Å². The van der Waals surface area contributed by atoms with E-state index < -0.39 is 0 Å². The fourth-order valence-corrected chi connectivity index (χ4v) is 1.05. The van der Waals surface area contributed by atoms with Crippen molar-refractivity contribution in [1.82, 2.24) is 10.6 Å². The van der Waals surface area contributed by atoms with Crippen LogP contribution in [0, 0.1) is 5.41 Å². The second-order valence-corrected chi connectivity index (χ2v) is 2.85. The Kier molecular flexibility index (Phi) is 6.47. The lowest BCUT2D eigenvalue weighted by molar-refractivity contribution is -0.143. The van der Waals surface area contributed by atoms with Crippen LogP contribution in [0.1, 0.15) is 12.8 Å². The number of hydrogen-bond acceptors (Lipinski definition) is 4. The maximum absolute atomic E-state index is 11.1. The van der Waals surface area contributed by atoms with Crippen LogP contribution in [0.2, 0.25) is 0 Å². The van der Waals surface area contributed by atoms with Gasteiger partial charge in [0.15, 0.2) is 5.96 Å². The molecule has 82 valence electrons. The second kappa shape index (κ2) is 7.14. The first-order valence-electron chi connectivity index (χ1n) is 4.44. The van der Waals surface area contributed by atoms with Crippen molar-refractivity contribution >= 4 is 11.9 Å². The van der Waals surface area contributed by atoms with E-state index in [1.54, 1.807) is 7.05 Å². The number of likely N-dealkylation sites (N-methyl/N-ethyl adjacent to an activating group) is 1. The maximum Gasteiger partial charge on any atom is 0.322 e. The molecule has 0 aliphatic carbocycles. The molecule has 0 heterocycles. The Labute approximate surface area is 83.7 Å². The summed E-state index contributed by atoms with van der Waals surface area (Å²) in [4.78, 5) is 11.1. The van der Waals surface area contributed by atoms with Crippen molar-refractivity contribution in [3.05, 3.63) is 0 Å². The molecule has 0 spiro atoms. The van der Waals surface area contributed by atoms with E-state index in [9.17, 15) is 4.79 Å². The number of rotatable bonds is 6. The molecule has 1 atom stereocenters. The number of guanidine groups is 1. The molecule has 0 saturated carbocycles. The predicted molar refractivity (Wildman–Crippen MR) is 54.0 cm³/mol. The zero-order valence-corrected chi connectivity index (χ0v) is 8.59. The van der Waals surface area contributed by atoms with E-state index in [0.29, 0.717) is 13.0 Å². The Morgan fingerprint density at radius 1 is 1.64 bits per heavy atom. The van der Waals surface area contributed by atoms with Gasteiger partial charge in [-0.2, -0.15) is 0 Å². The highest BCUT2D eigenvalue weighted by molar-refractivity contribution is 5.75. The lowest BCUT2D eigenvalue weighted by atomic mass is 10.1. The van der Waals surface area contributed by atoms with Crippen LogP contribution in [0.25, 0.3) is 0 Å². The number of nitrogens with one attached hydrogen (secondary N) is 3. The number of hydrogen-bond donors (Lipinski definition) is 4. The molecule has 0 aromatic carbocycles. The van der Waals surface area contributed by atoms with Crippen molar-refractivity contribution in [3.8, 4) is 0 Å². The fourth-order valence-electron chi connectivity index (χ4n) is 1.05. The van der Waals surface area contributed by atoms with Crippen molar-refractivity contribution < 1.29 is 9.53 Å². The molecule has 0 rings (SSSR count). The number of methoxy groups -OCH3 is 1. The van der Waals surface area contributed by atoms with Gasteiger partial charge in [-0.3, -0.25) is 10.2 Å². The highest BCUT2D eigenvalue weighted by Gasteiger charge is 2.15. The van der Waals surface area contributed by atoms with E-state index in [0.717, 1.165) is 6.42 Å². The molecule has 5 N–H and O–H groups in total. The van der Waals surface area contributed by atoms with Gasteiger partial charge in [-0.1, -0.05) is 0 Å². The third kappa shape index (κ3) is 5.36. The Morgan fingerprint density at radius 2 is 2.29 bits per heavy atom. The van der Waals surface area contributed by atoms with E-state index in [1.807, 2.05) is 0 Å². The van der Waals surface area contributed by atoms with E-state index >= 15 is 0 Å². The van der Waals surface area contributed by atoms with E-state index in [4.69, 9.17) is 11.1 Å². The summed E-state index contributed by atoms with van der Waals surface area (Å²) >= 11 is 0. The van der Waals surface area contributed by atoms with Crippen molar-refractivity contribution in [3.63, 3.8) is 0 Å². The third-order valence-corrected chi connectivity index (χ3v) is 1.82. The van der Waals surface area contributed by atoms with Gasteiger partial charge < -0.3 is 21.1 Å². The zero-order chi connectivity index (χ0) is 11.0. The molecule has 0 saturated heterocycles. The lowest BCUT2D eigenvalue weighted by Crippen LogP contribution is -2.36. The summed E-state index contributed by atoms with van der Waals surface area (Å²) in [5.74, 6) is -0.320. The van der Waals surface area contributed by atoms with Gasteiger partial charge in [0, 0.05) is 6.54 Å². The van der Waals surface area contributed by atoms with Crippen LogP contribution in [0.15, 0.2) is 0 Å². The Balaban J connectivity index is 3.63. The second-order valence-electron chi connectivity index (χ2n) is 2.85. The summed E-state index contributed by atoms with van der Waals surface area (Å²) in [6, 6.07) is -0.284. The average molecular weight is 202 g/mol. The van der Waals surface area contributed by atoms with Crippen molar-refractivity contribution in [2.24, 2.45) is 5.73 Å². The minimum Gasteiger partial charge on any atom is -0.468 e. The van der Waals surface area contributed by atoms with E-state index in [-0.39, 0.29) is 18.0 Å². The topological polar surface area (TPSA) is 100 Å². The third-order valence-electron chi connectivity index (χ3n) is 1.82. The van der Waals surface area contributed by atoms with Gasteiger partial charge in [-0.05, 0) is 19.9 Å². The Hall–Kier alpha value is -1.30. The normalized spacial score (nSPS) is 11.9. The molecule has 0 fully saturated rings. The molecule has 0 unspecified atom stereocenters. The monoisotopic (exact) mass is 202 g/mol. The molecular weight excluding hydrogens is 184 g/mol. The van der Waals surface area contributed by atoms with Crippen LogP contribution in [0.3, 0.4) is 0 Å². The van der Waals surface area contributed by atoms with Gasteiger partial charge >= 0.3 is 5.97 Å². The predicted octanol–water partition coefficient (Wildman–Crippen LogP) is -0.989. The first kappa shape index (κ1) is 12.7. The highest BCUT2D eigenvalue weighted by Crippen LogP contribution is 1.97. The standard InChI is InChI=1S/C8H18N4O2/c1-11-6(7(13)14-2)4-3-5-12-8(9)10/h6,11H,3-5H2,1-2H3,(H4,9,10,12)/t6-/m0/s1. The lowest BCUT2D eigenvalue weighted by Gasteiger charge is -2.13. The summed E-state index contributed by atoms with van der Waals surface area (Å²) in [7, 11) is 3.07. The number of carbonyl (C=O) groups excluding carboxylic acids is 1. The smallest absolute Gasteiger partial charge is 0.322 e. The molecule has 0 amide bonds. The fraction of sp³-hybridized carbons (Fsp3) is 0.750. The van der Waals surface area contributed by atoms with E-state index in [2.05, 4.69) is 15.4 Å². The number of ether oxygens (including phenoxy) is 1. The van der Waals surface area contributed by atoms with E-state index in [1.165, 1.54) is 7.11 Å². The first-order valence-corrected chi connectivity index (χ1v) is 4.44. The first-order chi connectivity index (χ1) is 6.61. The maximum atomic E-state index is 11.1. The van der Waals surface area contributed by atoms with Gasteiger partial charge in [-0.15, -0.1) is 0 Å². The van der Waals surface area contributed by atoms with Crippen molar-refractivity contribution in [1.29, 1.82) is 5.41 Å². The molecule has 0 aromatic heterocycles. The molecule has 6 nitrogen and oxygen atoms in total. The highest BCUT2D eigenvalue weighted by atomic mass is 16.5. The molecule has 14 heavy (non-hydrogen) atoms. The van der Waals surface area contributed by atoms with Gasteiger partial charge in [-0.25, -0.2) is 0 Å². The van der Waals surface area contributed by atoms with Crippen molar-refractivity contribution in [2.45, 2.75) is 18.9 Å². The minimum atomic E-state index is -0.284. The molecule has 0 aliphatic heterocycles. The molecule has 0 radical (unpaired) electrons. The quantitative estimate of drug-likeness (QED) is 0.192. The summed E-state index contributed by atoms with van der Waals surface area (Å²) in [6.07, 6.45) is 1.41. The molecule has 0 aliphatic rings. The SMILES string of the molecule is CN[C@@H](CCCNC(=N)N)C(=O)OC. The Morgan fingerprint density at radius 3 is 2.71 bits per heavy atom. The molecule has 0 aromatic rings. The van der Waals surface area contributed by atoms with Crippen LogP contribution in [0.4, 0.5) is 0 Å². The summed E-state index contributed by atoms with van der Waals surface area (Å²) in [5, 5.41) is 12.4. The van der Waals surface area contributed by atoms with Gasteiger partial charge in [0.1, 0.15) is 6.04 Å². The summed E-state index contributed by atoms with van der Waals surface area (Å²) in [6.45, 7) is 0.588. The van der Waals surface area contributed by atoms with Crippen LogP contribution < -0.4 is 16.4 Å². The average Bonchev–Trinajstić information content (AvgIpc) is 2.16. The minimum absolute atomic E-state index is 0.0518. The van der Waals surface area contributed by atoms with Gasteiger partial charge in [0.2, 0.25) is 0 Å².